The minimum Gasteiger partial charge on any atom is -0.424 e. The molecule has 4 nitrogen and oxygen atoms in total. The lowest BCUT2D eigenvalue weighted by molar-refractivity contribution is 0.0913. The Morgan fingerprint density at radius 3 is 2.58 bits per heavy atom. The Morgan fingerprint density at radius 2 is 1.89 bits per heavy atom. The first-order chi connectivity index (χ1) is 9.31. The topological polar surface area (TPSA) is 62.4 Å². The molecule has 2 atom stereocenters. The first-order valence-electron chi connectivity index (χ1n) is 7.43. The second kappa shape index (κ2) is 7.31. The van der Waals surface area contributed by atoms with Gasteiger partial charge in [-0.25, -0.2) is 9.79 Å². The Balaban J connectivity index is 1.73. The third kappa shape index (κ3) is 4.36. The van der Waals surface area contributed by atoms with Gasteiger partial charge in [-0.3, -0.25) is 0 Å². The van der Waals surface area contributed by atoms with Crippen LogP contribution in [0.3, 0.4) is 0 Å². The smallest absolute Gasteiger partial charge is 0.286 e. The number of nitriles is 1. The lowest BCUT2D eigenvalue weighted by atomic mass is 9.76. The highest BCUT2D eigenvalue weighted by Gasteiger charge is 2.27. The van der Waals surface area contributed by atoms with Crippen LogP contribution in [-0.4, -0.2) is 18.2 Å². The molecule has 2 fully saturated rings. The van der Waals surface area contributed by atoms with E-state index in [0.29, 0.717) is 5.92 Å². The number of nitrogens with zero attached hydrogens (tertiary/aromatic N) is 2. The molecule has 0 heterocycles. The van der Waals surface area contributed by atoms with Crippen LogP contribution < -0.4 is 0 Å². The fourth-order valence-corrected chi connectivity index (χ4v) is 3.70. The van der Waals surface area contributed by atoms with E-state index >= 15 is 0 Å². The highest BCUT2D eigenvalue weighted by atomic mass is 16.5. The fraction of sp³-hybridized carbons (Fsp3) is 0.867. The summed E-state index contributed by atoms with van der Waals surface area (Å²) in [5, 5.41) is 8.51. The van der Waals surface area contributed by atoms with Crippen molar-refractivity contribution in [2.75, 3.05) is 0 Å². The molecule has 0 saturated heterocycles. The van der Waals surface area contributed by atoms with Gasteiger partial charge < -0.3 is 4.74 Å². The van der Waals surface area contributed by atoms with Gasteiger partial charge in [0, 0.05) is 0 Å². The lowest BCUT2D eigenvalue weighted by Crippen LogP contribution is -2.25. The van der Waals surface area contributed by atoms with Crippen molar-refractivity contribution in [3.63, 3.8) is 0 Å². The Bertz CT molecular complexity index is 363. The molecule has 2 aliphatic carbocycles. The Morgan fingerprint density at radius 1 is 1.11 bits per heavy atom. The maximum Gasteiger partial charge on any atom is 0.286 e. The monoisotopic (exact) mass is 262 g/mol. The molecule has 2 unspecified atom stereocenters. The zero-order valence-electron chi connectivity index (χ0n) is 11.4. The number of aliphatic imine (C=N–C) groups is 1. The Labute approximate surface area is 114 Å². The summed E-state index contributed by atoms with van der Waals surface area (Å²) in [6.45, 7) is 0. The highest BCUT2D eigenvalue weighted by Crippen LogP contribution is 2.36. The van der Waals surface area contributed by atoms with Gasteiger partial charge in [-0.2, -0.15) is 5.26 Å². The SMILES string of the molecule is N#COC1CCC(CC2CCCC(N=C=O)C2)CC1. The predicted molar refractivity (Wildman–Crippen MR) is 70.9 cm³/mol. The second-order valence-corrected chi connectivity index (χ2v) is 5.99. The number of rotatable bonds is 4. The molecule has 0 spiro atoms. The van der Waals surface area contributed by atoms with Gasteiger partial charge in [-0.15, -0.1) is 0 Å². The standard InChI is InChI=1S/C15H22N2O2/c16-10-19-15-6-4-12(5-7-15)8-13-2-1-3-14(9-13)17-11-18/h12-15H,1-9H2. The molecule has 0 aliphatic heterocycles. The molecule has 0 aromatic heterocycles. The summed E-state index contributed by atoms with van der Waals surface area (Å²) in [6.07, 6.45) is 13.9. The fourth-order valence-electron chi connectivity index (χ4n) is 3.70. The van der Waals surface area contributed by atoms with E-state index in [9.17, 15) is 4.79 Å². The number of ether oxygens (including phenoxy) is 1. The van der Waals surface area contributed by atoms with Crippen molar-refractivity contribution < 1.29 is 9.53 Å². The number of isocyanates is 1. The van der Waals surface area contributed by atoms with E-state index in [2.05, 4.69) is 4.99 Å². The van der Waals surface area contributed by atoms with Crippen molar-refractivity contribution in [1.29, 1.82) is 5.26 Å². The van der Waals surface area contributed by atoms with Gasteiger partial charge in [-0.05, 0) is 56.8 Å². The number of hydrogen-bond acceptors (Lipinski definition) is 4. The quantitative estimate of drug-likeness (QED) is 0.443. The average Bonchev–Trinajstić information content (AvgIpc) is 2.42. The van der Waals surface area contributed by atoms with Gasteiger partial charge in [0.05, 0.1) is 6.04 Å². The van der Waals surface area contributed by atoms with E-state index in [4.69, 9.17) is 10.00 Å². The van der Waals surface area contributed by atoms with Crippen molar-refractivity contribution in [1.82, 2.24) is 0 Å². The van der Waals surface area contributed by atoms with Gasteiger partial charge in [0.25, 0.3) is 6.26 Å². The summed E-state index contributed by atoms with van der Waals surface area (Å²) < 4.78 is 5.02. The molecule has 0 amide bonds. The largest absolute Gasteiger partial charge is 0.424 e. The summed E-state index contributed by atoms with van der Waals surface area (Å²) in [5.74, 6) is 1.48. The van der Waals surface area contributed by atoms with Gasteiger partial charge in [0.15, 0.2) is 0 Å². The van der Waals surface area contributed by atoms with E-state index in [-0.39, 0.29) is 12.1 Å². The van der Waals surface area contributed by atoms with Crippen LogP contribution in [0.25, 0.3) is 0 Å². The Hall–Kier alpha value is -1.33. The minimum atomic E-state index is 0.153. The van der Waals surface area contributed by atoms with Crippen molar-refractivity contribution in [3.8, 4) is 6.26 Å². The molecule has 0 aromatic carbocycles. The van der Waals surface area contributed by atoms with Crippen LogP contribution in [0.2, 0.25) is 0 Å². The van der Waals surface area contributed by atoms with Crippen LogP contribution in [0.5, 0.6) is 0 Å². The molecule has 2 saturated carbocycles. The number of hydrogen-bond donors (Lipinski definition) is 0. The normalized spacial score (nSPS) is 34.9. The molecule has 0 aromatic rings. The predicted octanol–water partition coefficient (Wildman–Crippen LogP) is 3.33. The van der Waals surface area contributed by atoms with Crippen LogP contribution in [0.4, 0.5) is 0 Å². The summed E-state index contributed by atoms with van der Waals surface area (Å²) in [7, 11) is 0. The maximum atomic E-state index is 10.3. The van der Waals surface area contributed by atoms with E-state index in [1.54, 1.807) is 12.3 Å². The molecule has 4 heteroatoms. The van der Waals surface area contributed by atoms with Crippen molar-refractivity contribution in [2.24, 2.45) is 16.8 Å². The molecule has 0 radical (unpaired) electrons. The zero-order chi connectivity index (χ0) is 13.5. The first kappa shape index (κ1) is 14.1. The first-order valence-corrected chi connectivity index (χ1v) is 7.43. The van der Waals surface area contributed by atoms with E-state index in [1.807, 2.05) is 0 Å². The summed E-state index contributed by atoms with van der Waals surface area (Å²) in [6, 6.07) is 0.217. The van der Waals surface area contributed by atoms with Crippen LogP contribution in [-0.2, 0) is 9.53 Å². The zero-order valence-corrected chi connectivity index (χ0v) is 11.4. The van der Waals surface area contributed by atoms with Crippen LogP contribution in [0.1, 0.15) is 57.8 Å². The van der Waals surface area contributed by atoms with Gasteiger partial charge in [0.1, 0.15) is 6.10 Å². The maximum absolute atomic E-state index is 10.3. The van der Waals surface area contributed by atoms with Crippen LogP contribution in [0, 0.1) is 23.4 Å². The summed E-state index contributed by atoms with van der Waals surface area (Å²) in [5.41, 5.74) is 0. The van der Waals surface area contributed by atoms with Crippen molar-refractivity contribution >= 4 is 6.08 Å². The van der Waals surface area contributed by atoms with Crippen LogP contribution in [0.15, 0.2) is 4.99 Å². The lowest BCUT2D eigenvalue weighted by Gasteiger charge is -2.32. The molecule has 104 valence electrons. The van der Waals surface area contributed by atoms with E-state index in [1.165, 1.54) is 32.1 Å². The van der Waals surface area contributed by atoms with Crippen molar-refractivity contribution in [2.45, 2.75) is 69.9 Å². The summed E-state index contributed by atoms with van der Waals surface area (Å²) in [4.78, 5) is 14.2. The Kier molecular flexibility index (Phi) is 5.42. The summed E-state index contributed by atoms with van der Waals surface area (Å²) >= 11 is 0. The third-order valence-corrected chi connectivity index (χ3v) is 4.67. The molecule has 0 N–H and O–H groups in total. The molecule has 2 rings (SSSR count). The highest BCUT2D eigenvalue weighted by molar-refractivity contribution is 5.33. The van der Waals surface area contributed by atoms with Gasteiger partial charge in [0.2, 0.25) is 6.08 Å². The average molecular weight is 262 g/mol. The van der Waals surface area contributed by atoms with E-state index < -0.39 is 0 Å². The molecular formula is C15H22N2O2. The third-order valence-electron chi connectivity index (χ3n) is 4.67. The van der Waals surface area contributed by atoms with Gasteiger partial charge in [-0.1, -0.05) is 12.8 Å². The van der Waals surface area contributed by atoms with Crippen LogP contribution >= 0.6 is 0 Å². The second-order valence-electron chi connectivity index (χ2n) is 5.99. The molecule has 0 bridgehead atoms. The van der Waals surface area contributed by atoms with E-state index in [0.717, 1.165) is 31.6 Å². The molecule has 2 aliphatic rings. The van der Waals surface area contributed by atoms with Crippen molar-refractivity contribution in [3.05, 3.63) is 0 Å². The molecule has 19 heavy (non-hydrogen) atoms. The molecular weight excluding hydrogens is 240 g/mol. The van der Waals surface area contributed by atoms with Gasteiger partial charge >= 0.3 is 0 Å². The minimum absolute atomic E-state index is 0.153. The number of carbonyl (C=O) groups excluding carboxylic acids is 1.